The van der Waals surface area contributed by atoms with Gasteiger partial charge >= 0.3 is 0 Å². The first-order valence-electron chi connectivity index (χ1n) is 5.74. The molecule has 0 saturated carbocycles. The second-order valence-electron chi connectivity index (χ2n) is 4.09. The number of pyridine rings is 1. The van der Waals surface area contributed by atoms with E-state index in [-0.39, 0.29) is 5.56 Å². The summed E-state index contributed by atoms with van der Waals surface area (Å²) in [6.45, 7) is 4.31. The monoisotopic (exact) mass is 206 g/mol. The lowest BCUT2D eigenvalue weighted by Gasteiger charge is -2.34. The zero-order valence-corrected chi connectivity index (χ0v) is 9.20. The Balaban J connectivity index is 2.28. The quantitative estimate of drug-likeness (QED) is 0.802. The fourth-order valence-electron chi connectivity index (χ4n) is 2.42. The molecule has 1 saturated heterocycles. The van der Waals surface area contributed by atoms with Crippen LogP contribution in [0.25, 0.3) is 0 Å². The van der Waals surface area contributed by atoms with E-state index in [0.29, 0.717) is 6.04 Å². The summed E-state index contributed by atoms with van der Waals surface area (Å²) in [5.74, 6) is 0. The summed E-state index contributed by atoms with van der Waals surface area (Å²) >= 11 is 0. The van der Waals surface area contributed by atoms with E-state index in [1.807, 2.05) is 12.1 Å². The van der Waals surface area contributed by atoms with Gasteiger partial charge in [0.15, 0.2) is 0 Å². The van der Waals surface area contributed by atoms with Crippen LogP contribution in [0.5, 0.6) is 0 Å². The number of likely N-dealkylation sites (tertiary alicyclic amines) is 1. The van der Waals surface area contributed by atoms with E-state index < -0.39 is 0 Å². The molecule has 0 spiro atoms. The average Bonchev–Trinajstić information content (AvgIpc) is 2.30. The van der Waals surface area contributed by atoms with Crippen molar-refractivity contribution in [3.8, 4) is 0 Å². The molecule has 1 aromatic heterocycles. The predicted molar refractivity (Wildman–Crippen MR) is 60.9 cm³/mol. The molecule has 2 heterocycles. The molecule has 0 aliphatic carbocycles. The summed E-state index contributed by atoms with van der Waals surface area (Å²) < 4.78 is 0. The highest BCUT2D eigenvalue weighted by molar-refractivity contribution is 5.15. The molecule has 82 valence electrons. The molecular weight excluding hydrogens is 188 g/mol. The van der Waals surface area contributed by atoms with Crippen LogP contribution in [-0.4, -0.2) is 23.0 Å². The van der Waals surface area contributed by atoms with Crippen molar-refractivity contribution in [2.45, 2.75) is 32.2 Å². The van der Waals surface area contributed by atoms with E-state index >= 15 is 0 Å². The van der Waals surface area contributed by atoms with E-state index in [1.165, 1.54) is 12.8 Å². The van der Waals surface area contributed by atoms with Crippen LogP contribution < -0.4 is 5.56 Å². The molecule has 0 radical (unpaired) electrons. The van der Waals surface area contributed by atoms with Crippen molar-refractivity contribution < 1.29 is 0 Å². The summed E-state index contributed by atoms with van der Waals surface area (Å²) in [5, 5.41) is 0. The second kappa shape index (κ2) is 4.62. The number of aromatic amines is 1. The number of H-pyrrole nitrogens is 1. The van der Waals surface area contributed by atoms with Gasteiger partial charge < -0.3 is 4.98 Å². The number of hydrogen-bond donors (Lipinski definition) is 1. The van der Waals surface area contributed by atoms with Crippen LogP contribution in [-0.2, 0) is 0 Å². The molecular formula is C12H18N2O. The minimum absolute atomic E-state index is 0.0721. The Bertz CT molecular complexity index is 372. The van der Waals surface area contributed by atoms with Crippen molar-refractivity contribution in [1.82, 2.24) is 9.88 Å². The van der Waals surface area contributed by atoms with Crippen LogP contribution in [0, 0.1) is 0 Å². The molecule has 1 aliphatic rings. The van der Waals surface area contributed by atoms with Gasteiger partial charge in [0.2, 0.25) is 0 Å². The first-order valence-corrected chi connectivity index (χ1v) is 5.74. The number of nitrogens with one attached hydrogen (secondary N) is 1. The lowest BCUT2D eigenvalue weighted by molar-refractivity contribution is 0.156. The molecule has 15 heavy (non-hydrogen) atoms. The van der Waals surface area contributed by atoms with Gasteiger partial charge in [-0.3, -0.25) is 9.69 Å². The summed E-state index contributed by atoms with van der Waals surface area (Å²) in [6.07, 6.45) is 5.30. The largest absolute Gasteiger partial charge is 0.329 e. The minimum atomic E-state index is 0.0721. The van der Waals surface area contributed by atoms with Gasteiger partial charge in [-0.05, 0) is 32.0 Å². The normalized spacial score (nSPS) is 22.9. The Morgan fingerprint density at radius 1 is 1.53 bits per heavy atom. The summed E-state index contributed by atoms with van der Waals surface area (Å²) in [4.78, 5) is 16.9. The molecule has 1 atom stereocenters. The number of aromatic nitrogens is 1. The number of hydrogen-bond acceptors (Lipinski definition) is 2. The van der Waals surface area contributed by atoms with Gasteiger partial charge in [0.25, 0.3) is 5.56 Å². The lowest BCUT2D eigenvalue weighted by atomic mass is 9.96. The van der Waals surface area contributed by atoms with Crippen LogP contribution in [0.1, 0.15) is 37.8 Å². The van der Waals surface area contributed by atoms with E-state index in [1.54, 1.807) is 6.20 Å². The maximum absolute atomic E-state index is 11.7. The third-order valence-corrected chi connectivity index (χ3v) is 3.23. The Hall–Kier alpha value is -1.09. The lowest BCUT2D eigenvalue weighted by Crippen LogP contribution is -2.35. The molecule has 1 aliphatic heterocycles. The average molecular weight is 206 g/mol. The van der Waals surface area contributed by atoms with Gasteiger partial charge in [-0.25, -0.2) is 0 Å². The standard InChI is InChI=1S/C12H18N2O/c1-2-14-9-4-3-7-11(14)10-6-5-8-13-12(10)15/h5-6,8,11H,2-4,7,9H2,1H3,(H,13,15)/t11-/m0/s1. The summed E-state index contributed by atoms with van der Waals surface area (Å²) in [7, 11) is 0. The third kappa shape index (κ3) is 2.12. The van der Waals surface area contributed by atoms with Crippen molar-refractivity contribution >= 4 is 0 Å². The molecule has 1 fully saturated rings. The molecule has 0 aromatic carbocycles. The maximum atomic E-state index is 11.7. The number of piperidine rings is 1. The zero-order valence-electron chi connectivity index (χ0n) is 9.20. The van der Waals surface area contributed by atoms with Crippen molar-refractivity contribution in [2.75, 3.05) is 13.1 Å². The first-order chi connectivity index (χ1) is 7.33. The van der Waals surface area contributed by atoms with E-state index in [9.17, 15) is 4.79 Å². The summed E-state index contributed by atoms with van der Waals surface area (Å²) in [5.41, 5.74) is 1.00. The van der Waals surface area contributed by atoms with Crippen molar-refractivity contribution in [2.24, 2.45) is 0 Å². The molecule has 0 amide bonds. The highest BCUT2D eigenvalue weighted by Crippen LogP contribution is 2.28. The topological polar surface area (TPSA) is 36.1 Å². The van der Waals surface area contributed by atoms with Crippen LogP contribution in [0.3, 0.4) is 0 Å². The molecule has 1 N–H and O–H groups in total. The molecule has 2 rings (SSSR count). The van der Waals surface area contributed by atoms with Gasteiger partial charge in [0.1, 0.15) is 0 Å². The Morgan fingerprint density at radius 2 is 2.40 bits per heavy atom. The highest BCUT2D eigenvalue weighted by atomic mass is 16.1. The number of rotatable bonds is 2. The molecule has 3 heteroatoms. The minimum Gasteiger partial charge on any atom is -0.329 e. The van der Waals surface area contributed by atoms with Crippen LogP contribution in [0.4, 0.5) is 0 Å². The van der Waals surface area contributed by atoms with Crippen molar-refractivity contribution in [1.29, 1.82) is 0 Å². The second-order valence-corrected chi connectivity index (χ2v) is 4.09. The van der Waals surface area contributed by atoms with Crippen LogP contribution in [0.2, 0.25) is 0 Å². The summed E-state index contributed by atoms with van der Waals surface area (Å²) in [6, 6.07) is 4.20. The van der Waals surface area contributed by atoms with Crippen molar-refractivity contribution in [3.05, 3.63) is 34.2 Å². The predicted octanol–water partition coefficient (Wildman–Crippen LogP) is 1.92. The van der Waals surface area contributed by atoms with E-state index in [0.717, 1.165) is 25.1 Å². The Kier molecular flexibility index (Phi) is 3.21. The van der Waals surface area contributed by atoms with E-state index in [2.05, 4.69) is 16.8 Å². The Morgan fingerprint density at radius 3 is 3.13 bits per heavy atom. The van der Waals surface area contributed by atoms with Crippen LogP contribution in [0.15, 0.2) is 23.1 Å². The van der Waals surface area contributed by atoms with Gasteiger partial charge in [-0.1, -0.05) is 19.4 Å². The third-order valence-electron chi connectivity index (χ3n) is 3.23. The molecule has 1 aromatic rings. The van der Waals surface area contributed by atoms with Gasteiger partial charge in [-0.15, -0.1) is 0 Å². The Labute approximate surface area is 90.1 Å². The van der Waals surface area contributed by atoms with Crippen molar-refractivity contribution in [3.63, 3.8) is 0 Å². The van der Waals surface area contributed by atoms with Gasteiger partial charge in [0, 0.05) is 17.8 Å². The number of nitrogens with zero attached hydrogens (tertiary/aromatic N) is 1. The first kappa shape index (κ1) is 10.4. The van der Waals surface area contributed by atoms with Gasteiger partial charge in [-0.2, -0.15) is 0 Å². The molecule has 3 nitrogen and oxygen atoms in total. The van der Waals surface area contributed by atoms with Crippen LogP contribution >= 0.6 is 0 Å². The fourth-order valence-corrected chi connectivity index (χ4v) is 2.42. The van der Waals surface area contributed by atoms with Gasteiger partial charge in [0.05, 0.1) is 0 Å². The molecule has 0 bridgehead atoms. The fraction of sp³-hybridized carbons (Fsp3) is 0.583. The zero-order chi connectivity index (χ0) is 10.7. The maximum Gasteiger partial charge on any atom is 0.252 e. The van der Waals surface area contributed by atoms with E-state index in [4.69, 9.17) is 0 Å². The SMILES string of the molecule is CCN1CCCC[C@H]1c1ccc[nH]c1=O. The highest BCUT2D eigenvalue weighted by Gasteiger charge is 2.24. The molecule has 0 unspecified atom stereocenters. The smallest absolute Gasteiger partial charge is 0.252 e.